The van der Waals surface area contributed by atoms with E-state index in [9.17, 15) is 0 Å². The van der Waals surface area contributed by atoms with Crippen LogP contribution in [-0.4, -0.2) is 4.98 Å². The van der Waals surface area contributed by atoms with Gasteiger partial charge >= 0.3 is 0 Å². The predicted octanol–water partition coefficient (Wildman–Crippen LogP) is 2.18. The van der Waals surface area contributed by atoms with Crippen molar-refractivity contribution in [3.8, 4) is 0 Å². The highest BCUT2D eigenvalue weighted by atomic mass is 14.8. The van der Waals surface area contributed by atoms with Gasteiger partial charge in [-0.25, -0.2) is 0 Å². The summed E-state index contributed by atoms with van der Waals surface area (Å²) in [6, 6.07) is 8.44. The van der Waals surface area contributed by atoms with Crippen LogP contribution in [0.3, 0.4) is 0 Å². The monoisotopic (exact) mass is 184 g/mol. The maximum absolute atomic E-state index is 6.14. The summed E-state index contributed by atoms with van der Waals surface area (Å²) in [7, 11) is 0. The van der Waals surface area contributed by atoms with Gasteiger partial charge in [-0.15, -0.1) is 0 Å². The fourth-order valence-corrected chi connectivity index (χ4v) is 1.82. The fourth-order valence-electron chi connectivity index (χ4n) is 1.82. The van der Waals surface area contributed by atoms with Crippen LogP contribution >= 0.6 is 0 Å². The molecule has 70 valence electrons. The first-order valence-corrected chi connectivity index (χ1v) is 4.91. The van der Waals surface area contributed by atoms with Gasteiger partial charge in [-0.3, -0.25) is 4.98 Å². The Hall–Kier alpha value is -1.41. The molecule has 1 aromatic heterocycles. The third-order valence-electron chi connectivity index (χ3n) is 3.00. The minimum absolute atomic E-state index is 0.0303. The quantitative estimate of drug-likeness (QED) is 0.737. The summed E-state index contributed by atoms with van der Waals surface area (Å²) in [5.41, 5.74) is 7.37. The van der Waals surface area contributed by atoms with Crippen molar-refractivity contribution in [2.24, 2.45) is 5.73 Å². The van der Waals surface area contributed by atoms with E-state index >= 15 is 0 Å². The lowest BCUT2D eigenvalue weighted by atomic mass is 10.0. The second-order valence-electron chi connectivity index (χ2n) is 4.09. The average molecular weight is 184 g/mol. The molecule has 14 heavy (non-hydrogen) atoms. The van der Waals surface area contributed by atoms with Crippen LogP contribution in [-0.2, 0) is 5.54 Å². The van der Waals surface area contributed by atoms with Crippen molar-refractivity contribution in [1.82, 2.24) is 4.98 Å². The van der Waals surface area contributed by atoms with Crippen LogP contribution < -0.4 is 5.73 Å². The van der Waals surface area contributed by atoms with E-state index in [-0.39, 0.29) is 5.54 Å². The minimum atomic E-state index is -0.0303. The fraction of sp³-hybridized carbons (Fsp3) is 0.250. The van der Waals surface area contributed by atoms with Gasteiger partial charge < -0.3 is 5.73 Å². The normalized spacial score (nSPS) is 18.4. The predicted molar refractivity (Wildman–Crippen MR) is 56.8 cm³/mol. The molecule has 0 spiro atoms. The summed E-state index contributed by atoms with van der Waals surface area (Å²) in [5.74, 6) is 0. The molecule has 0 aliphatic heterocycles. The van der Waals surface area contributed by atoms with E-state index in [4.69, 9.17) is 5.73 Å². The number of rotatable bonds is 1. The van der Waals surface area contributed by atoms with Crippen molar-refractivity contribution in [3.63, 3.8) is 0 Å². The van der Waals surface area contributed by atoms with Crippen molar-refractivity contribution in [2.75, 3.05) is 0 Å². The Morgan fingerprint density at radius 1 is 1.14 bits per heavy atom. The second-order valence-corrected chi connectivity index (χ2v) is 4.09. The highest BCUT2D eigenvalue weighted by Gasteiger charge is 2.39. The number of hydrogen-bond acceptors (Lipinski definition) is 2. The third-order valence-corrected chi connectivity index (χ3v) is 3.00. The topological polar surface area (TPSA) is 38.9 Å². The van der Waals surface area contributed by atoms with E-state index in [2.05, 4.69) is 23.2 Å². The highest BCUT2D eigenvalue weighted by molar-refractivity contribution is 5.82. The van der Waals surface area contributed by atoms with E-state index in [0.29, 0.717) is 0 Å². The molecule has 1 aliphatic carbocycles. The lowest BCUT2D eigenvalue weighted by Gasteiger charge is -2.09. The van der Waals surface area contributed by atoms with Crippen LogP contribution in [0, 0.1) is 0 Å². The summed E-state index contributed by atoms with van der Waals surface area (Å²) < 4.78 is 0. The molecule has 1 aromatic carbocycles. The summed E-state index contributed by atoms with van der Waals surface area (Å²) in [4.78, 5) is 4.09. The molecular formula is C12H12N2. The first-order valence-electron chi connectivity index (χ1n) is 4.91. The third kappa shape index (κ3) is 1.11. The molecule has 0 bridgehead atoms. The standard InChI is InChI=1S/C12H12N2/c13-12(4-5-12)11-2-1-10-8-14-6-3-9(10)7-11/h1-3,6-8H,4-5,13H2. The Balaban J connectivity index is 2.20. The Kier molecular flexibility index (Phi) is 1.45. The Morgan fingerprint density at radius 2 is 2.00 bits per heavy atom. The smallest absolute Gasteiger partial charge is 0.0411 e. The Morgan fingerprint density at radius 3 is 2.79 bits per heavy atom. The van der Waals surface area contributed by atoms with E-state index in [1.807, 2.05) is 18.5 Å². The number of hydrogen-bond donors (Lipinski definition) is 1. The molecule has 1 fully saturated rings. The summed E-state index contributed by atoms with van der Waals surface area (Å²) in [5, 5.41) is 2.41. The van der Waals surface area contributed by atoms with Crippen LogP contribution in [0.4, 0.5) is 0 Å². The molecule has 0 saturated heterocycles. The number of aromatic nitrogens is 1. The van der Waals surface area contributed by atoms with E-state index in [0.717, 1.165) is 12.8 Å². The van der Waals surface area contributed by atoms with Gasteiger partial charge in [-0.05, 0) is 35.9 Å². The number of nitrogens with zero attached hydrogens (tertiary/aromatic N) is 1. The van der Waals surface area contributed by atoms with E-state index in [1.165, 1.54) is 16.3 Å². The maximum atomic E-state index is 6.14. The lowest BCUT2D eigenvalue weighted by Crippen LogP contribution is -2.18. The molecular weight excluding hydrogens is 172 g/mol. The van der Waals surface area contributed by atoms with Crippen molar-refractivity contribution in [2.45, 2.75) is 18.4 Å². The molecule has 2 aromatic rings. The minimum Gasteiger partial charge on any atom is -0.321 e. The molecule has 2 N–H and O–H groups in total. The number of pyridine rings is 1. The van der Waals surface area contributed by atoms with Crippen LogP contribution in [0.1, 0.15) is 18.4 Å². The molecule has 0 radical (unpaired) electrons. The molecule has 2 heteroatoms. The molecule has 1 saturated carbocycles. The lowest BCUT2D eigenvalue weighted by molar-refractivity contribution is 0.741. The van der Waals surface area contributed by atoms with Gasteiger partial charge in [0.2, 0.25) is 0 Å². The maximum Gasteiger partial charge on any atom is 0.0411 e. The van der Waals surface area contributed by atoms with Crippen molar-refractivity contribution in [1.29, 1.82) is 0 Å². The molecule has 0 amide bonds. The summed E-state index contributed by atoms with van der Waals surface area (Å²) in [6.07, 6.45) is 5.94. The summed E-state index contributed by atoms with van der Waals surface area (Å²) >= 11 is 0. The van der Waals surface area contributed by atoms with Gasteiger partial charge in [0.25, 0.3) is 0 Å². The second kappa shape index (κ2) is 2.55. The van der Waals surface area contributed by atoms with Gasteiger partial charge in [0.15, 0.2) is 0 Å². The molecule has 0 unspecified atom stereocenters. The van der Waals surface area contributed by atoms with Crippen LogP contribution in [0.5, 0.6) is 0 Å². The zero-order valence-corrected chi connectivity index (χ0v) is 7.90. The zero-order chi connectivity index (χ0) is 9.60. The largest absolute Gasteiger partial charge is 0.321 e. The molecule has 1 heterocycles. The number of benzene rings is 1. The number of nitrogens with two attached hydrogens (primary N) is 1. The van der Waals surface area contributed by atoms with E-state index in [1.54, 1.807) is 0 Å². The first kappa shape index (κ1) is 7.94. The van der Waals surface area contributed by atoms with Crippen LogP contribution in [0.25, 0.3) is 10.8 Å². The molecule has 1 aliphatic rings. The summed E-state index contributed by atoms with van der Waals surface area (Å²) in [6.45, 7) is 0. The zero-order valence-electron chi connectivity index (χ0n) is 7.90. The Labute approximate surface area is 82.8 Å². The average Bonchev–Trinajstić information content (AvgIpc) is 2.97. The first-order chi connectivity index (χ1) is 6.78. The highest BCUT2D eigenvalue weighted by Crippen LogP contribution is 2.43. The van der Waals surface area contributed by atoms with Crippen molar-refractivity contribution < 1.29 is 0 Å². The van der Waals surface area contributed by atoms with Crippen molar-refractivity contribution in [3.05, 3.63) is 42.2 Å². The molecule has 0 atom stereocenters. The van der Waals surface area contributed by atoms with Gasteiger partial charge in [-0.1, -0.05) is 12.1 Å². The molecule has 2 nitrogen and oxygen atoms in total. The van der Waals surface area contributed by atoms with Crippen LogP contribution in [0.15, 0.2) is 36.7 Å². The van der Waals surface area contributed by atoms with Gasteiger partial charge in [-0.2, -0.15) is 0 Å². The number of fused-ring (bicyclic) bond motifs is 1. The SMILES string of the molecule is NC1(c2ccc3cnccc3c2)CC1. The van der Waals surface area contributed by atoms with Crippen molar-refractivity contribution >= 4 is 10.8 Å². The van der Waals surface area contributed by atoms with Crippen LogP contribution in [0.2, 0.25) is 0 Å². The van der Waals surface area contributed by atoms with Gasteiger partial charge in [0, 0.05) is 23.3 Å². The van der Waals surface area contributed by atoms with Gasteiger partial charge in [0.1, 0.15) is 0 Å². The van der Waals surface area contributed by atoms with E-state index < -0.39 is 0 Å². The van der Waals surface area contributed by atoms with Gasteiger partial charge in [0.05, 0.1) is 0 Å². The molecule has 3 rings (SSSR count). The Bertz CT molecular complexity index is 486.